The molecule has 0 aliphatic carbocycles. The maximum atomic E-state index is 14.4. The Morgan fingerprint density at radius 3 is 1.91 bits per heavy atom. The summed E-state index contributed by atoms with van der Waals surface area (Å²) in [4.78, 5) is 116. The summed E-state index contributed by atoms with van der Waals surface area (Å²) in [6, 6.07) is 2.68. The standard InChI is InChI=1S/C55H94N8O14/c1-16-36(8)49(62(13)55(72)47(34(4)5)59-54(71)48(35(6)7)61(11)12)43(73-14)31-45(65)63-25-17-18-42(63)50(74-15)37(9)51(68)58-41(30-33(2)3)53(70)60-77-32-39-19-21-40(22-20-39)57-52(69)38(10)56-44(64)23-26-75-28-29-76-27-24-46(66)67/h19-22,33-38,41-43,47-50H,16-18,23-32H2,1-15H3,(H,56,64)(H,57,69)(H,58,68)(H,59,71)(H,60,70)(H,66,67)/t36-,37+,38+,41-,42-,43+,47-,48?,49-,50+/m0/s1. The highest BCUT2D eigenvalue weighted by molar-refractivity contribution is 5.97. The van der Waals surface area contributed by atoms with Crippen LogP contribution in [0.5, 0.6) is 0 Å². The smallest absolute Gasteiger partial charge is 0.305 e. The normalized spacial score (nSPS) is 17.2. The van der Waals surface area contributed by atoms with Gasteiger partial charge in [0, 0.05) is 39.9 Å². The number of rotatable bonds is 36. The Morgan fingerprint density at radius 2 is 1.38 bits per heavy atom. The second-order valence-corrected chi connectivity index (χ2v) is 21.5. The van der Waals surface area contributed by atoms with Crippen LogP contribution in [0.25, 0.3) is 0 Å². The van der Waals surface area contributed by atoms with Gasteiger partial charge in [-0.2, -0.15) is 0 Å². The number of carboxylic acids is 1. The predicted molar refractivity (Wildman–Crippen MR) is 291 cm³/mol. The fourth-order valence-corrected chi connectivity index (χ4v) is 9.64. The Kier molecular flexibility index (Phi) is 30.5. The number of nitrogens with zero attached hydrogens (tertiary/aromatic N) is 3. The van der Waals surface area contributed by atoms with Gasteiger partial charge in [0.15, 0.2) is 0 Å². The lowest BCUT2D eigenvalue weighted by Gasteiger charge is -2.41. The molecule has 0 saturated carbocycles. The second kappa shape index (κ2) is 34.6. The van der Waals surface area contributed by atoms with E-state index in [2.05, 4.69) is 26.7 Å². The van der Waals surface area contributed by atoms with E-state index in [0.29, 0.717) is 43.5 Å². The van der Waals surface area contributed by atoms with E-state index >= 15 is 0 Å². The van der Waals surface area contributed by atoms with E-state index in [0.717, 1.165) is 0 Å². The summed E-state index contributed by atoms with van der Waals surface area (Å²) in [6.07, 6.45) is 0.713. The molecule has 2 rings (SSSR count). The molecule has 1 aliphatic heterocycles. The molecule has 0 bridgehead atoms. The van der Waals surface area contributed by atoms with Crippen LogP contribution in [0.15, 0.2) is 24.3 Å². The third-order valence-corrected chi connectivity index (χ3v) is 14.0. The molecule has 1 heterocycles. The summed E-state index contributed by atoms with van der Waals surface area (Å²) >= 11 is 0. The van der Waals surface area contributed by atoms with E-state index in [9.17, 15) is 38.4 Å². The topological polar surface area (TPSA) is 273 Å². The van der Waals surface area contributed by atoms with Crippen LogP contribution < -0.4 is 26.7 Å². The van der Waals surface area contributed by atoms with Crippen LogP contribution in [-0.4, -0.2) is 184 Å². The van der Waals surface area contributed by atoms with E-state index in [-0.39, 0.29) is 99.6 Å². The number of carbonyl (C=O) groups is 8. The average Bonchev–Trinajstić information content (AvgIpc) is 3.85. The number of carbonyl (C=O) groups excluding carboxylic acids is 7. The molecule has 1 saturated heterocycles. The first-order chi connectivity index (χ1) is 36.3. The highest BCUT2D eigenvalue weighted by Gasteiger charge is 2.43. The van der Waals surface area contributed by atoms with Crippen molar-refractivity contribution in [3.63, 3.8) is 0 Å². The molecule has 77 heavy (non-hydrogen) atoms. The number of benzene rings is 1. The van der Waals surface area contributed by atoms with Gasteiger partial charge >= 0.3 is 5.97 Å². The van der Waals surface area contributed by atoms with Crippen LogP contribution in [0.4, 0.5) is 5.69 Å². The van der Waals surface area contributed by atoms with Gasteiger partial charge in [0.25, 0.3) is 5.91 Å². The molecule has 7 amide bonds. The van der Waals surface area contributed by atoms with Crippen molar-refractivity contribution >= 4 is 53.0 Å². The van der Waals surface area contributed by atoms with Crippen molar-refractivity contribution in [1.82, 2.24) is 36.1 Å². The summed E-state index contributed by atoms with van der Waals surface area (Å²) in [6.45, 7) is 19.8. The maximum absolute atomic E-state index is 14.4. The molecule has 0 radical (unpaired) electrons. The van der Waals surface area contributed by atoms with Gasteiger partial charge in [0.05, 0.1) is 82.1 Å². The van der Waals surface area contributed by atoms with Gasteiger partial charge in [-0.05, 0) is 81.6 Å². The van der Waals surface area contributed by atoms with Crippen molar-refractivity contribution in [3.05, 3.63) is 29.8 Å². The predicted octanol–water partition coefficient (Wildman–Crippen LogP) is 3.75. The minimum absolute atomic E-state index is 0.0108. The average molecular weight is 1090 g/mol. The van der Waals surface area contributed by atoms with E-state index in [1.54, 1.807) is 55.0 Å². The molecule has 1 fully saturated rings. The summed E-state index contributed by atoms with van der Waals surface area (Å²) in [7, 11) is 8.42. The SMILES string of the molecule is CC[C@H](C)[C@@H]([C@@H](CC(=O)N1CCC[C@H]1[C@H](OC)[C@@H](C)C(=O)N[C@@H](CC(C)C)C(=O)NOCc1ccc(NC(=O)[C@@H](C)NC(=O)CCOCCOCCC(=O)O)cc1)OC)N(C)C(=O)[C@@H](NC(=O)C(C(C)C)N(C)C)C(C)C. The lowest BCUT2D eigenvalue weighted by Crippen LogP contribution is -2.59. The molecule has 0 aromatic heterocycles. The first-order valence-electron chi connectivity index (χ1n) is 27.2. The monoisotopic (exact) mass is 1090 g/mol. The lowest BCUT2D eigenvalue weighted by atomic mass is 9.89. The van der Waals surface area contributed by atoms with Crippen molar-refractivity contribution in [1.29, 1.82) is 0 Å². The number of methoxy groups -OCH3 is 2. The summed E-state index contributed by atoms with van der Waals surface area (Å²) in [5, 5.41) is 19.9. The number of hydrogen-bond donors (Lipinski definition) is 6. The zero-order valence-corrected chi connectivity index (χ0v) is 48.6. The summed E-state index contributed by atoms with van der Waals surface area (Å²) in [5.41, 5.74) is 3.60. The minimum atomic E-state index is -0.958. The van der Waals surface area contributed by atoms with Crippen LogP contribution in [0.3, 0.4) is 0 Å². The molecule has 1 aromatic carbocycles. The zero-order valence-electron chi connectivity index (χ0n) is 48.6. The van der Waals surface area contributed by atoms with Gasteiger partial charge in [-0.25, -0.2) is 5.48 Å². The third-order valence-electron chi connectivity index (χ3n) is 14.0. The van der Waals surface area contributed by atoms with Gasteiger partial charge in [0.1, 0.15) is 18.1 Å². The van der Waals surface area contributed by atoms with Crippen molar-refractivity contribution < 1.29 is 67.2 Å². The number of nitrogens with one attached hydrogen (secondary N) is 5. The number of likely N-dealkylation sites (N-methyl/N-ethyl adjacent to an activating group) is 2. The van der Waals surface area contributed by atoms with Gasteiger partial charge in [0.2, 0.25) is 35.4 Å². The Hall–Kier alpha value is -5.26. The molecule has 10 atom stereocenters. The molecule has 1 aromatic rings. The number of ether oxygens (including phenoxy) is 4. The Balaban J connectivity index is 2.05. The number of amides is 7. The van der Waals surface area contributed by atoms with E-state index < -0.39 is 78.1 Å². The molecule has 6 N–H and O–H groups in total. The second-order valence-electron chi connectivity index (χ2n) is 21.5. The molecular formula is C55H94N8O14. The van der Waals surface area contributed by atoms with E-state index in [4.69, 9.17) is 28.9 Å². The lowest BCUT2D eigenvalue weighted by molar-refractivity contribution is -0.148. The Morgan fingerprint density at radius 1 is 0.753 bits per heavy atom. The van der Waals surface area contributed by atoms with Crippen LogP contribution >= 0.6 is 0 Å². The van der Waals surface area contributed by atoms with E-state index in [1.165, 1.54) is 14.2 Å². The van der Waals surface area contributed by atoms with Crippen LogP contribution in [0.2, 0.25) is 0 Å². The first-order valence-corrected chi connectivity index (χ1v) is 27.2. The van der Waals surface area contributed by atoms with Gasteiger partial charge in [-0.1, -0.05) is 80.9 Å². The number of likely N-dealkylation sites (tertiary alicyclic amines) is 1. The molecular weight excluding hydrogens is 997 g/mol. The molecule has 1 aliphatic rings. The largest absolute Gasteiger partial charge is 0.481 e. The fraction of sp³-hybridized carbons (Fsp3) is 0.745. The number of hydrogen-bond acceptors (Lipinski definition) is 14. The number of carboxylic acid groups (broad SMARTS) is 1. The molecule has 22 nitrogen and oxygen atoms in total. The van der Waals surface area contributed by atoms with E-state index in [1.807, 2.05) is 74.4 Å². The number of hydroxylamine groups is 1. The Bertz CT molecular complexity index is 2010. The minimum Gasteiger partial charge on any atom is -0.481 e. The molecule has 1 unspecified atom stereocenters. The van der Waals surface area contributed by atoms with Crippen molar-refractivity contribution in [2.45, 2.75) is 169 Å². The Labute approximate surface area is 457 Å². The summed E-state index contributed by atoms with van der Waals surface area (Å²) < 4.78 is 22.5. The third kappa shape index (κ3) is 22.6. The highest BCUT2D eigenvalue weighted by atomic mass is 16.7. The van der Waals surface area contributed by atoms with Gasteiger partial charge in [-0.3, -0.25) is 48.1 Å². The van der Waals surface area contributed by atoms with Gasteiger partial charge in [-0.15, -0.1) is 0 Å². The first kappa shape index (κ1) is 67.8. The number of anilines is 1. The van der Waals surface area contributed by atoms with Crippen molar-refractivity contribution in [2.75, 3.05) is 73.7 Å². The fourth-order valence-electron chi connectivity index (χ4n) is 9.64. The zero-order chi connectivity index (χ0) is 58.1. The van der Waals surface area contributed by atoms with Crippen molar-refractivity contribution in [2.24, 2.45) is 29.6 Å². The highest BCUT2D eigenvalue weighted by Crippen LogP contribution is 2.30. The van der Waals surface area contributed by atoms with Gasteiger partial charge < -0.3 is 55.1 Å². The molecule has 438 valence electrons. The van der Waals surface area contributed by atoms with Crippen LogP contribution in [0.1, 0.15) is 120 Å². The number of aliphatic carboxylic acids is 1. The van der Waals surface area contributed by atoms with Crippen LogP contribution in [-0.2, 0) is 68.7 Å². The van der Waals surface area contributed by atoms with Crippen LogP contribution in [0, 0.1) is 29.6 Å². The molecule has 0 spiro atoms. The maximum Gasteiger partial charge on any atom is 0.305 e. The summed E-state index contributed by atoms with van der Waals surface area (Å²) in [5.74, 6) is -4.53. The molecule has 22 heteroatoms. The van der Waals surface area contributed by atoms with Crippen molar-refractivity contribution in [3.8, 4) is 0 Å². The quantitative estimate of drug-likeness (QED) is 0.0413.